The molecule has 0 saturated heterocycles. The Morgan fingerprint density at radius 3 is 2.42 bits per heavy atom. The van der Waals surface area contributed by atoms with E-state index >= 15 is 0 Å². The number of hydrogen-bond acceptors (Lipinski definition) is 2. The first kappa shape index (κ1) is 13.8. The summed E-state index contributed by atoms with van der Waals surface area (Å²) in [5.74, 6) is 0. The van der Waals surface area contributed by atoms with Gasteiger partial charge in [0.25, 0.3) is 0 Å². The van der Waals surface area contributed by atoms with Gasteiger partial charge in [0.05, 0.1) is 11.6 Å². The van der Waals surface area contributed by atoms with Gasteiger partial charge in [-0.25, -0.2) is 0 Å². The monoisotopic (exact) mass is 314 g/mol. The van der Waals surface area contributed by atoms with Gasteiger partial charge in [-0.2, -0.15) is 5.26 Å². The molecule has 19 heavy (non-hydrogen) atoms. The van der Waals surface area contributed by atoms with Gasteiger partial charge in [0, 0.05) is 17.6 Å². The molecule has 0 spiro atoms. The van der Waals surface area contributed by atoms with Crippen LogP contribution in [0.1, 0.15) is 16.7 Å². The van der Waals surface area contributed by atoms with Crippen molar-refractivity contribution in [1.29, 1.82) is 5.26 Å². The lowest BCUT2D eigenvalue weighted by molar-refractivity contribution is 0.319. The summed E-state index contributed by atoms with van der Waals surface area (Å²) in [4.78, 5) is 2.24. The third kappa shape index (κ3) is 4.20. The number of rotatable bonds is 4. The molecule has 0 amide bonds. The molecule has 0 heterocycles. The lowest BCUT2D eigenvalue weighted by Crippen LogP contribution is -2.17. The molecule has 2 aromatic rings. The normalized spacial score (nSPS) is 10.4. The molecule has 96 valence electrons. The largest absolute Gasteiger partial charge is 0.298 e. The Morgan fingerprint density at radius 2 is 1.74 bits per heavy atom. The second kappa shape index (κ2) is 6.51. The van der Waals surface area contributed by atoms with Gasteiger partial charge in [0.2, 0.25) is 0 Å². The summed E-state index contributed by atoms with van der Waals surface area (Å²) in [6.07, 6.45) is 0. The fraction of sp³-hybridized carbons (Fsp3) is 0.188. The van der Waals surface area contributed by atoms with Crippen molar-refractivity contribution in [2.75, 3.05) is 7.05 Å². The molecule has 0 radical (unpaired) electrons. The van der Waals surface area contributed by atoms with Crippen LogP contribution in [0.25, 0.3) is 0 Å². The highest BCUT2D eigenvalue weighted by molar-refractivity contribution is 9.10. The fourth-order valence-corrected chi connectivity index (χ4v) is 2.27. The minimum atomic E-state index is 0.717. The first-order valence-corrected chi connectivity index (χ1v) is 6.89. The Kier molecular flexibility index (Phi) is 4.73. The SMILES string of the molecule is CN(Cc1ccc(Br)cc1)Cc1cccc(C#N)c1. The maximum atomic E-state index is 8.89. The van der Waals surface area contributed by atoms with E-state index in [2.05, 4.69) is 64.3 Å². The van der Waals surface area contributed by atoms with Crippen LogP contribution in [0.5, 0.6) is 0 Å². The minimum absolute atomic E-state index is 0.717. The van der Waals surface area contributed by atoms with Gasteiger partial charge >= 0.3 is 0 Å². The van der Waals surface area contributed by atoms with Gasteiger partial charge in [0.15, 0.2) is 0 Å². The molecule has 2 aromatic carbocycles. The van der Waals surface area contributed by atoms with Crippen LogP contribution in [0, 0.1) is 11.3 Å². The van der Waals surface area contributed by atoms with Crippen molar-refractivity contribution < 1.29 is 0 Å². The molecule has 0 aromatic heterocycles. The quantitative estimate of drug-likeness (QED) is 0.854. The third-order valence-corrected chi connectivity index (χ3v) is 3.40. The maximum absolute atomic E-state index is 8.89. The van der Waals surface area contributed by atoms with Crippen molar-refractivity contribution >= 4 is 15.9 Å². The number of benzene rings is 2. The smallest absolute Gasteiger partial charge is 0.0991 e. The number of nitriles is 1. The van der Waals surface area contributed by atoms with Crippen LogP contribution in [0.2, 0.25) is 0 Å². The Balaban J connectivity index is 1.99. The Labute approximate surface area is 122 Å². The van der Waals surface area contributed by atoms with E-state index in [1.54, 1.807) is 0 Å². The highest BCUT2D eigenvalue weighted by Crippen LogP contribution is 2.13. The molecule has 2 nitrogen and oxygen atoms in total. The van der Waals surface area contributed by atoms with Crippen molar-refractivity contribution in [3.05, 3.63) is 69.7 Å². The summed E-state index contributed by atoms with van der Waals surface area (Å²) in [6, 6.07) is 18.3. The summed E-state index contributed by atoms with van der Waals surface area (Å²) in [5, 5.41) is 8.89. The maximum Gasteiger partial charge on any atom is 0.0991 e. The molecule has 2 rings (SSSR count). The topological polar surface area (TPSA) is 27.0 Å². The number of nitrogens with zero attached hydrogens (tertiary/aromatic N) is 2. The second-order valence-electron chi connectivity index (χ2n) is 4.61. The van der Waals surface area contributed by atoms with Crippen LogP contribution >= 0.6 is 15.9 Å². The van der Waals surface area contributed by atoms with E-state index in [9.17, 15) is 0 Å². The predicted molar refractivity (Wildman–Crippen MR) is 80.5 cm³/mol. The van der Waals surface area contributed by atoms with Gasteiger partial charge in [-0.3, -0.25) is 4.90 Å². The molecule has 0 unspecified atom stereocenters. The van der Waals surface area contributed by atoms with Crippen LogP contribution in [0.4, 0.5) is 0 Å². The first-order valence-electron chi connectivity index (χ1n) is 6.09. The van der Waals surface area contributed by atoms with Crippen LogP contribution in [0.3, 0.4) is 0 Å². The number of hydrogen-bond donors (Lipinski definition) is 0. The lowest BCUT2D eigenvalue weighted by Gasteiger charge is -2.17. The van der Waals surface area contributed by atoms with E-state index in [0.29, 0.717) is 0 Å². The highest BCUT2D eigenvalue weighted by atomic mass is 79.9. The molecule has 0 aliphatic carbocycles. The second-order valence-corrected chi connectivity index (χ2v) is 5.53. The molecule has 0 aliphatic rings. The first-order chi connectivity index (χ1) is 9.17. The molecule has 0 aliphatic heterocycles. The summed E-state index contributed by atoms with van der Waals surface area (Å²) >= 11 is 3.44. The van der Waals surface area contributed by atoms with Crippen molar-refractivity contribution in [2.24, 2.45) is 0 Å². The van der Waals surface area contributed by atoms with Gasteiger partial charge in [0.1, 0.15) is 0 Å². The van der Waals surface area contributed by atoms with E-state index < -0.39 is 0 Å². The zero-order chi connectivity index (χ0) is 13.7. The van der Waals surface area contributed by atoms with Gasteiger partial charge in [-0.1, -0.05) is 40.2 Å². The fourth-order valence-electron chi connectivity index (χ4n) is 2.01. The van der Waals surface area contributed by atoms with Gasteiger partial charge in [-0.15, -0.1) is 0 Å². The molecule has 0 saturated carbocycles. The van der Waals surface area contributed by atoms with E-state index in [0.717, 1.165) is 23.1 Å². The molecular formula is C16H15BrN2. The zero-order valence-corrected chi connectivity index (χ0v) is 12.4. The molecule has 0 atom stereocenters. The van der Waals surface area contributed by atoms with Crippen LogP contribution in [-0.4, -0.2) is 11.9 Å². The lowest BCUT2D eigenvalue weighted by atomic mass is 10.1. The summed E-state index contributed by atoms with van der Waals surface area (Å²) in [5.41, 5.74) is 3.16. The Hall–Kier alpha value is -1.63. The van der Waals surface area contributed by atoms with Gasteiger partial charge < -0.3 is 0 Å². The summed E-state index contributed by atoms with van der Waals surface area (Å²) < 4.78 is 1.10. The Bertz CT molecular complexity index is 584. The molecule has 0 N–H and O–H groups in total. The predicted octanol–water partition coefficient (Wildman–Crippen LogP) is 3.95. The minimum Gasteiger partial charge on any atom is -0.298 e. The van der Waals surface area contributed by atoms with E-state index in [1.165, 1.54) is 11.1 Å². The van der Waals surface area contributed by atoms with Crippen molar-refractivity contribution in [1.82, 2.24) is 4.90 Å². The van der Waals surface area contributed by atoms with E-state index in [1.807, 2.05) is 18.2 Å². The average Bonchev–Trinajstić information content (AvgIpc) is 2.41. The molecule has 0 fully saturated rings. The zero-order valence-electron chi connectivity index (χ0n) is 10.8. The van der Waals surface area contributed by atoms with Crippen LogP contribution in [0.15, 0.2) is 53.0 Å². The Morgan fingerprint density at radius 1 is 1.05 bits per heavy atom. The van der Waals surface area contributed by atoms with Crippen LogP contribution in [-0.2, 0) is 13.1 Å². The highest BCUT2D eigenvalue weighted by Gasteiger charge is 2.02. The molecule has 3 heteroatoms. The average molecular weight is 315 g/mol. The van der Waals surface area contributed by atoms with Crippen LogP contribution < -0.4 is 0 Å². The van der Waals surface area contributed by atoms with Gasteiger partial charge in [-0.05, 0) is 42.4 Å². The van der Waals surface area contributed by atoms with E-state index in [-0.39, 0.29) is 0 Å². The molecular weight excluding hydrogens is 300 g/mol. The summed E-state index contributed by atoms with van der Waals surface area (Å²) in [7, 11) is 2.08. The number of halogens is 1. The summed E-state index contributed by atoms with van der Waals surface area (Å²) in [6.45, 7) is 1.73. The van der Waals surface area contributed by atoms with Crippen molar-refractivity contribution in [3.63, 3.8) is 0 Å². The molecule has 0 bridgehead atoms. The van der Waals surface area contributed by atoms with Crippen molar-refractivity contribution in [2.45, 2.75) is 13.1 Å². The van der Waals surface area contributed by atoms with Crippen molar-refractivity contribution in [3.8, 4) is 6.07 Å². The third-order valence-electron chi connectivity index (χ3n) is 2.87. The standard InChI is InChI=1S/C16H15BrN2/c1-19(11-13-5-7-16(17)8-6-13)12-15-4-2-3-14(9-15)10-18/h2-9H,11-12H2,1H3. The van der Waals surface area contributed by atoms with E-state index in [4.69, 9.17) is 5.26 Å².